The molecule has 0 saturated carbocycles. The summed E-state index contributed by atoms with van der Waals surface area (Å²) in [6.07, 6.45) is 4.63. The minimum absolute atomic E-state index is 0.159. The van der Waals surface area contributed by atoms with Crippen molar-refractivity contribution in [3.8, 4) is 11.8 Å². The van der Waals surface area contributed by atoms with Crippen LogP contribution in [-0.4, -0.2) is 38.0 Å². The zero-order valence-electron chi connectivity index (χ0n) is 20.2. The van der Waals surface area contributed by atoms with Crippen LogP contribution in [0.1, 0.15) is 40.2 Å². The lowest BCUT2D eigenvalue weighted by Crippen LogP contribution is -2.45. The van der Waals surface area contributed by atoms with E-state index in [2.05, 4.69) is 11.1 Å². The molecule has 2 aromatic heterocycles. The number of benzene rings is 2. The van der Waals surface area contributed by atoms with Crippen LogP contribution in [0.3, 0.4) is 0 Å². The Morgan fingerprint density at radius 2 is 1.61 bits per heavy atom. The van der Waals surface area contributed by atoms with Crippen LogP contribution in [0.5, 0.6) is 0 Å². The summed E-state index contributed by atoms with van der Waals surface area (Å²) in [5.41, 5.74) is 2.59. The van der Waals surface area contributed by atoms with Crippen molar-refractivity contribution in [1.82, 2.24) is 19.0 Å². The Kier molecular flexibility index (Phi) is 6.26. The zero-order valence-corrected chi connectivity index (χ0v) is 20.2. The summed E-state index contributed by atoms with van der Waals surface area (Å²) >= 11 is 0. The van der Waals surface area contributed by atoms with Gasteiger partial charge in [-0.2, -0.15) is 5.26 Å². The smallest absolute Gasteiger partial charge is 0.275 e. The van der Waals surface area contributed by atoms with E-state index in [9.17, 15) is 14.9 Å². The number of rotatable bonds is 7. The quantitative estimate of drug-likeness (QED) is 0.401. The van der Waals surface area contributed by atoms with Crippen LogP contribution in [0, 0.1) is 18.3 Å². The number of hydrogen-bond acceptors (Lipinski definition) is 4. The van der Waals surface area contributed by atoms with Crippen LogP contribution in [0.4, 0.5) is 0 Å². The fourth-order valence-corrected chi connectivity index (χ4v) is 5.04. The largest absolute Gasteiger partial charge is 0.336 e. The molecular formula is C29H27N5O2. The van der Waals surface area contributed by atoms with Crippen molar-refractivity contribution in [1.29, 1.82) is 5.26 Å². The predicted octanol–water partition coefficient (Wildman–Crippen LogP) is 4.09. The normalized spacial score (nSPS) is 13.3. The van der Waals surface area contributed by atoms with Crippen LogP contribution < -0.4 is 5.56 Å². The monoisotopic (exact) mass is 477 g/mol. The van der Waals surface area contributed by atoms with Crippen molar-refractivity contribution in [3.63, 3.8) is 0 Å². The molecular weight excluding hydrogens is 450 g/mol. The molecule has 5 rings (SSSR count). The van der Waals surface area contributed by atoms with E-state index in [1.54, 1.807) is 38.7 Å². The number of imidazole rings is 1. The summed E-state index contributed by atoms with van der Waals surface area (Å²) in [6, 6.07) is 25.6. The molecule has 1 aliphatic heterocycles. The summed E-state index contributed by atoms with van der Waals surface area (Å²) in [7, 11) is 0. The van der Waals surface area contributed by atoms with E-state index in [4.69, 9.17) is 0 Å². The molecule has 0 unspecified atom stereocenters. The maximum Gasteiger partial charge on any atom is 0.275 e. The number of fused-ring (bicyclic) bond motifs is 1. The van der Waals surface area contributed by atoms with E-state index < -0.39 is 5.41 Å². The van der Waals surface area contributed by atoms with Gasteiger partial charge < -0.3 is 14.0 Å². The maximum absolute atomic E-state index is 13.3. The highest BCUT2D eigenvalue weighted by atomic mass is 16.2. The molecule has 4 aromatic rings. The third-order valence-electron chi connectivity index (χ3n) is 6.95. The number of pyridine rings is 1. The van der Waals surface area contributed by atoms with Crippen molar-refractivity contribution >= 4 is 5.91 Å². The van der Waals surface area contributed by atoms with Crippen molar-refractivity contribution < 1.29 is 4.79 Å². The Morgan fingerprint density at radius 1 is 0.944 bits per heavy atom. The summed E-state index contributed by atoms with van der Waals surface area (Å²) in [5.74, 6) is -0.159. The molecule has 7 heteroatoms. The van der Waals surface area contributed by atoms with E-state index in [1.165, 1.54) is 0 Å². The number of aromatic nitrogens is 3. The third kappa shape index (κ3) is 4.11. The molecule has 7 nitrogen and oxygen atoms in total. The molecule has 1 aliphatic rings. The summed E-state index contributed by atoms with van der Waals surface area (Å²) in [5, 5.41) is 10.4. The van der Waals surface area contributed by atoms with Gasteiger partial charge >= 0.3 is 0 Å². The fourth-order valence-electron chi connectivity index (χ4n) is 5.04. The van der Waals surface area contributed by atoms with Gasteiger partial charge in [-0.3, -0.25) is 9.59 Å². The number of carbonyl (C=O) groups is 1. The molecule has 0 spiro atoms. The van der Waals surface area contributed by atoms with Gasteiger partial charge in [-0.25, -0.2) is 4.98 Å². The molecule has 36 heavy (non-hydrogen) atoms. The second-order valence-corrected chi connectivity index (χ2v) is 9.13. The molecule has 2 aromatic carbocycles. The van der Waals surface area contributed by atoms with Gasteiger partial charge in [-0.15, -0.1) is 0 Å². The number of nitriles is 1. The van der Waals surface area contributed by atoms with Crippen molar-refractivity contribution in [2.24, 2.45) is 0 Å². The topological polar surface area (TPSA) is 83.9 Å². The molecule has 0 N–H and O–H groups in total. The van der Waals surface area contributed by atoms with Crippen LogP contribution in [0.15, 0.2) is 90.1 Å². The van der Waals surface area contributed by atoms with Gasteiger partial charge in [0.15, 0.2) is 0 Å². The fraction of sp³-hybridized carbons (Fsp3) is 0.241. The first kappa shape index (κ1) is 23.3. The van der Waals surface area contributed by atoms with Crippen LogP contribution >= 0.6 is 0 Å². The minimum atomic E-state index is -0.798. The van der Waals surface area contributed by atoms with Gasteiger partial charge in [0.05, 0.1) is 18.1 Å². The van der Waals surface area contributed by atoms with Crippen LogP contribution in [0.25, 0.3) is 5.69 Å². The molecule has 0 radical (unpaired) electrons. The van der Waals surface area contributed by atoms with Crippen LogP contribution in [-0.2, 0) is 12.0 Å². The molecule has 0 bridgehead atoms. The predicted molar refractivity (Wildman–Crippen MR) is 137 cm³/mol. The number of amides is 1. The first-order valence-electron chi connectivity index (χ1n) is 12.1. The maximum atomic E-state index is 13.3. The number of hydrogen-bond donors (Lipinski definition) is 0. The first-order valence-corrected chi connectivity index (χ1v) is 12.1. The van der Waals surface area contributed by atoms with Crippen molar-refractivity contribution in [2.75, 3.05) is 13.1 Å². The standard InChI is InChI=1S/C29H27N5O2/c1-22-19-33(21-31-22)25-13-14-26-27(35)32(17-18-34(26)28(25)36)16-8-15-29(20-30,23-9-4-2-5-10-23)24-11-6-3-7-12-24/h2-7,9-14,19,21H,8,15-18H2,1H3. The number of aryl methyl sites for hydroxylation is 1. The van der Waals surface area contributed by atoms with Gasteiger partial charge in [0.2, 0.25) is 0 Å². The summed E-state index contributed by atoms with van der Waals surface area (Å²) < 4.78 is 3.24. The van der Waals surface area contributed by atoms with E-state index in [0.717, 1.165) is 16.8 Å². The molecule has 0 fully saturated rings. The van der Waals surface area contributed by atoms with Gasteiger partial charge in [0.1, 0.15) is 16.8 Å². The Hall–Kier alpha value is -4.44. The summed E-state index contributed by atoms with van der Waals surface area (Å²) in [6.45, 7) is 3.26. The van der Waals surface area contributed by atoms with Crippen LogP contribution in [0.2, 0.25) is 0 Å². The number of carbonyl (C=O) groups excluding carboxylic acids is 1. The molecule has 0 saturated heterocycles. The van der Waals surface area contributed by atoms with E-state index in [-0.39, 0.29) is 11.5 Å². The average Bonchev–Trinajstić information content (AvgIpc) is 3.35. The molecule has 0 atom stereocenters. The highest BCUT2D eigenvalue weighted by molar-refractivity contribution is 5.93. The summed E-state index contributed by atoms with van der Waals surface area (Å²) in [4.78, 5) is 32.3. The van der Waals surface area contributed by atoms with Crippen molar-refractivity contribution in [3.05, 3.63) is 118 Å². The first-order chi connectivity index (χ1) is 17.5. The molecule has 1 amide bonds. The lowest BCUT2D eigenvalue weighted by molar-refractivity contribution is 0.0696. The molecule has 0 aliphatic carbocycles. The van der Waals surface area contributed by atoms with Gasteiger partial charge in [-0.1, -0.05) is 60.7 Å². The second kappa shape index (κ2) is 9.67. The third-order valence-corrected chi connectivity index (χ3v) is 6.95. The van der Waals surface area contributed by atoms with E-state index >= 15 is 0 Å². The zero-order chi connectivity index (χ0) is 25.1. The Morgan fingerprint density at radius 3 is 2.19 bits per heavy atom. The lowest BCUT2D eigenvalue weighted by Gasteiger charge is -2.32. The Bertz CT molecular complexity index is 1440. The second-order valence-electron chi connectivity index (χ2n) is 9.13. The highest BCUT2D eigenvalue weighted by Crippen LogP contribution is 2.36. The Labute approximate surface area is 209 Å². The highest BCUT2D eigenvalue weighted by Gasteiger charge is 2.35. The van der Waals surface area contributed by atoms with E-state index in [0.29, 0.717) is 43.9 Å². The average molecular weight is 478 g/mol. The van der Waals surface area contributed by atoms with Gasteiger partial charge in [0.25, 0.3) is 11.5 Å². The van der Waals surface area contributed by atoms with E-state index in [1.807, 2.05) is 67.6 Å². The molecule has 3 heterocycles. The lowest BCUT2D eigenvalue weighted by atomic mass is 9.72. The van der Waals surface area contributed by atoms with Gasteiger partial charge in [0, 0.05) is 25.8 Å². The van der Waals surface area contributed by atoms with Crippen molar-refractivity contribution in [2.45, 2.75) is 31.7 Å². The van der Waals surface area contributed by atoms with Gasteiger partial charge in [-0.05, 0) is 43.0 Å². The molecule has 180 valence electrons. The SMILES string of the molecule is Cc1cn(-c2ccc3n(c2=O)CCN(CCCC(C#N)(c2ccccc2)c2ccccc2)C3=O)cn1. The minimum Gasteiger partial charge on any atom is -0.336 e. The Balaban J connectivity index is 1.35. The number of nitrogens with zero attached hydrogens (tertiary/aromatic N) is 5.